The molecule has 0 spiro atoms. The van der Waals surface area contributed by atoms with Crippen LogP contribution in [0.3, 0.4) is 0 Å². The van der Waals surface area contributed by atoms with Gasteiger partial charge >= 0.3 is 11.9 Å². The molecule has 6 heteroatoms. The van der Waals surface area contributed by atoms with E-state index in [9.17, 15) is 19.8 Å². The van der Waals surface area contributed by atoms with Crippen LogP contribution in [0.25, 0.3) is 11.1 Å². The fraction of sp³-hybridized carbons (Fsp3) is 0. The summed E-state index contributed by atoms with van der Waals surface area (Å²) < 4.78 is 10.6. The topological polar surface area (TPSA) is 93.1 Å². The van der Waals surface area contributed by atoms with E-state index in [1.807, 2.05) is 0 Å². The number of hydrogen-bond donors (Lipinski definition) is 2. The smallest absolute Gasteiger partial charge is 0.347 e. The Labute approximate surface area is 183 Å². The van der Waals surface area contributed by atoms with Gasteiger partial charge in [0.1, 0.15) is 34.1 Å². The van der Waals surface area contributed by atoms with Crippen molar-refractivity contribution in [1.82, 2.24) is 0 Å². The van der Waals surface area contributed by atoms with Crippen LogP contribution in [0.15, 0.2) is 97.1 Å². The van der Waals surface area contributed by atoms with Crippen LogP contribution in [0, 0.1) is 0 Å². The second kappa shape index (κ2) is 9.06. The summed E-state index contributed by atoms with van der Waals surface area (Å²) in [4.78, 5) is 25.1. The average Bonchev–Trinajstić information content (AvgIpc) is 2.81. The summed E-state index contributed by atoms with van der Waals surface area (Å²) in [7, 11) is 0. The maximum absolute atomic E-state index is 12.6. The van der Waals surface area contributed by atoms with Gasteiger partial charge in [-0.05, 0) is 59.7 Å². The molecule has 0 aromatic heterocycles. The molecular formula is C26H18O6. The van der Waals surface area contributed by atoms with Gasteiger partial charge in [-0.2, -0.15) is 0 Å². The summed E-state index contributed by atoms with van der Waals surface area (Å²) in [6, 6.07) is 25.8. The van der Waals surface area contributed by atoms with E-state index >= 15 is 0 Å². The van der Waals surface area contributed by atoms with Gasteiger partial charge in [0.2, 0.25) is 0 Å². The average molecular weight is 426 g/mol. The zero-order chi connectivity index (χ0) is 22.5. The molecule has 4 aromatic rings. The summed E-state index contributed by atoms with van der Waals surface area (Å²) in [5.41, 5.74) is 1.01. The molecule has 0 amide bonds. The van der Waals surface area contributed by atoms with E-state index in [1.54, 1.807) is 72.8 Å². The third-order valence-corrected chi connectivity index (χ3v) is 4.67. The number of benzene rings is 4. The normalized spacial score (nSPS) is 10.4. The highest BCUT2D eigenvalue weighted by Gasteiger charge is 2.18. The van der Waals surface area contributed by atoms with Crippen molar-refractivity contribution >= 4 is 11.9 Å². The van der Waals surface area contributed by atoms with Crippen molar-refractivity contribution in [2.75, 3.05) is 0 Å². The fourth-order valence-electron chi connectivity index (χ4n) is 3.06. The van der Waals surface area contributed by atoms with E-state index in [0.717, 1.165) is 0 Å². The molecule has 0 saturated carbocycles. The van der Waals surface area contributed by atoms with Crippen molar-refractivity contribution in [3.05, 3.63) is 108 Å². The SMILES string of the molecule is O=C(Oc1ccccc1)c1cc(-c2ccc(O)c(C(=O)Oc3ccccc3)c2)ccc1O. The molecule has 0 aliphatic rings. The quantitative estimate of drug-likeness (QED) is 0.336. The van der Waals surface area contributed by atoms with E-state index in [-0.39, 0.29) is 22.6 Å². The number of ether oxygens (including phenoxy) is 2. The van der Waals surface area contributed by atoms with Gasteiger partial charge in [0.25, 0.3) is 0 Å². The number of rotatable bonds is 5. The third-order valence-electron chi connectivity index (χ3n) is 4.67. The zero-order valence-electron chi connectivity index (χ0n) is 16.8. The highest BCUT2D eigenvalue weighted by atomic mass is 16.5. The Morgan fingerprint density at radius 3 is 1.28 bits per heavy atom. The number of para-hydroxylation sites is 2. The maximum Gasteiger partial charge on any atom is 0.347 e. The van der Waals surface area contributed by atoms with Crippen LogP contribution < -0.4 is 9.47 Å². The van der Waals surface area contributed by atoms with Crippen molar-refractivity contribution in [3.63, 3.8) is 0 Å². The molecule has 4 rings (SSSR count). The van der Waals surface area contributed by atoms with Crippen LogP contribution in [0.4, 0.5) is 0 Å². The standard InChI is InChI=1S/C26H18O6/c27-23-13-11-17(15-21(23)25(29)31-19-7-3-1-4-8-19)18-12-14-24(28)22(16-18)26(30)32-20-9-5-2-6-10-20/h1-16,27-28H. The minimum atomic E-state index is -0.724. The second-order valence-electron chi connectivity index (χ2n) is 6.87. The van der Waals surface area contributed by atoms with Crippen LogP contribution in [-0.2, 0) is 0 Å². The molecule has 0 fully saturated rings. The Balaban J connectivity index is 1.62. The third kappa shape index (κ3) is 4.60. The van der Waals surface area contributed by atoms with Crippen molar-refractivity contribution in [1.29, 1.82) is 0 Å². The highest BCUT2D eigenvalue weighted by molar-refractivity contribution is 5.97. The monoisotopic (exact) mass is 426 g/mol. The molecule has 32 heavy (non-hydrogen) atoms. The number of hydrogen-bond acceptors (Lipinski definition) is 6. The summed E-state index contributed by atoms with van der Waals surface area (Å²) in [6.07, 6.45) is 0. The molecule has 4 aromatic carbocycles. The van der Waals surface area contributed by atoms with E-state index in [0.29, 0.717) is 22.6 Å². The molecule has 0 bridgehead atoms. The van der Waals surface area contributed by atoms with E-state index in [4.69, 9.17) is 9.47 Å². The number of esters is 2. The lowest BCUT2D eigenvalue weighted by Crippen LogP contribution is -2.09. The molecule has 0 unspecified atom stereocenters. The fourth-order valence-corrected chi connectivity index (χ4v) is 3.06. The van der Waals surface area contributed by atoms with Gasteiger partial charge in [-0.15, -0.1) is 0 Å². The molecule has 0 radical (unpaired) electrons. The predicted molar refractivity (Wildman–Crippen MR) is 118 cm³/mol. The zero-order valence-corrected chi connectivity index (χ0v) is 16.8. The van der Waals surface area contributed by atoms with E-state index in [2.05, 4.69) is 0 Å². The molecule has 6 nitrogen and oxygen atoms in total. The summed E-state index contributed by atoms with van der Waals surface area (Å²) in [5, 5.41) is 20.3. The van der Waals surface area contributed by atoms with Crippen LogP contribution in [0.2, 0.25) is 0 Å². The van der Waals surface area contributed by atoms with Gasteiger partial charge in [0.15, 0.2) is 0 Å². The van der Waals surface area contributed by atoms with E-state index in [1.165, 1.54) is 24.3 Å². The first-order valence-corrected chi connectivity index (χ1v) is 9.72. The minimum Gasteiger partial charge on any atom is -0.507 e. The van der Waals surface area contributed by atoms with Gasteiger partial charge in [-0.1, -0.05) is 48.5 Å². The lowest BCUT2D eigenvalue weighted by molar-refractivity contribution is 0.0721. The molecule has 158 valence electrons. The number of phenolic OH excluding ortho intramolecular Hbond substituents is 2. The molecule has 0 heterocycles. The first-order chi connectivity index (χ1) is 15.5. The molecule has 0 aliphatic carbocycles. The van der Waals surface area contributed by atoms with Gasteiger partial charge in [0.05, 0.1) is 0 Å². The Morgan fingerprint density at radius 1 is 0.531 bits per heavy atom. The lowest BCUT2D eigenvalue weighted by Gasteiger charge is -2.11. The lowest BCUT2D eigenvalue weighted by atomic mass is 10.00. The first-order valence-electron chi connectivity index (χ1n) is 9.72. The number of carbonyl (C=O) groups is 2. The number of phenols is 2. The van der Waals surface area contributed by atoms with Crippen LogP contribution >= 0.6 is 0 Å². The van der Waals surface area contributed by atoms with Crippen molar-refractivity contribution < 1.29 is 29.3 Å². The number of aromatic hydroxyl groups is 2. The van der Waals surface area contributed by atoms with Gasteiger partial charge in [-0.25, -0.2) is 9.59 Å². The Morgan fingerprint density at radius 2 is 0.906 bits per heavy atom. The number of carbonyl (C=O) groups excluding carboxylic acids is 2. The molecule has 2 N–H and O–H groups in total. The van der Waals surface area contributed by atoms with Crippen molar-refractivity contribution in [2.24, 2.45) is 0 Å². The molecule has 0 saturated heterocycles. The Kier molecular flexibility index (Phi) is 5.85. The van der Waals surface area contributed by atoms with Gasteiger partial charge in [0, 0.05) is 0 Å². The largest absolute Gasteiger partial charge is 0.507 e. The van der Waals surface area contributed by atoms with Crippen LogP contribution in [0.1, 0.15) is 20.7 Å². The van der Waals surface area contributed by atoms with Crippen molar-refractivity contribution in [3.8, 4) is 34.1 Å². The molecule has 0 aliphatic heterocycles. The molecule has 0 atom stereocenters. The Bertz CT molecular complexity index is 1170. The first kappa shape index (κ1) is 20.7. The van der Waals surface area contributed by atoms with Gasteiger partial charge < -0.3 is 19.7 Å². The van der Waals surface area contributed by atoms with Gasteiger partial charge in [-0.3, -0.25) is 0 Å². The van der Waals surface area contributed by atoms with E-state index < -0.39 is 11.9 Å². The minimum absolute atomic E-state index is 0.0344. The highest BCUT2D eigenvalue weighted by Crippen LogP contribution is 2.30. The van der Waals surface area contributed by atoms with Crippen LogP contribution in [-0.4, -0.2) is 22.2 Å². The summed E-state index contributed by atoms with van der Waals surface area (Å²) in [6.45, 7) is 0. The summed E-state index contributed by atoms with van der Waals surface area (Å²) >= 11 is 0. The summed E-state index contributed by atoms with van der Waals surface area (Å²) in [5.74, 6) is -1.24. The molecular weight excluding hydrogens is 408 g/mol. The van der Waals surface area contributed by atoms with Crippen LogP contribution in [0.5, 0.6) is 23.0 Å². The predicted octanol–water partition coefficient (Wildman–Crippen LogP) is 5.20. The second-order valence-corrected chi connectivity index (χ2v) is 6.87. The van der Waals surface area contributed by atoms with Crippen molar-refractivity contribution in [2.45, 2.75) is 0 Å². The Hall–Kier alpha value is -4.58. The maximum atomic E-state index is 12.6.